The first-order valence-corrected chi connectivity index (χ1v) is 7.99. The highest BCUT2D eigenvalue weighted by atomic mass is 79.9. The van der Waals surface area contributed by atoms with E-state index in [1.54, 1.807) is 0 Å². The summed E-state index contributed by atoms with van der Waals surface area (Å²) < 4.78 is 0. The van der Waals surface area contributed by atoms with E-state index in [-0.39, 0.29) is 17.5 Å². The lowest BCUT2D eigenvalue weighted by Gasteiger charge is -2.07. The van der Waals surface area contributed by atoms with Crippen molar-refractivity contribution in [1.29, 1.82) is 0 Å². The van der Waals surface area contributed by atoms with Gasteiger partial charge < -0.3 is 0 Å². The minimum Gasteiger partial charge on any atom is -0.294 e. The topological polar surface area (TPSA) is 34.1 Å². The molecule has 0 bridgehead atoms. The number of ketones is 2. The molecule has 0 saturated carbocycles. The lowest BCUT2D eigenvalue weighted by atomic mass is 9.97. The molecule has 0 aromatic heterocycles. The molecule has 0 fully saturated rings. The molecule has 0 atom stereocenters. The maximum Gasteiger partial charge on any atom is 0.173 e. The maximum absolute atomic E-state index is 11.9. The van der Waals surface area contributed by atoms with Crippen LogP contribution in [0.4, 0.5) is 0 Å². The number of carbonyl (C=O) groups is 2. The van der Waals surface area contributed by atoms with Crippen LogP contribution in [0.3, 0.4) is 0 Å². The molecule has 3 heteroatoms. The lowest BCUT2D eigenvalue weighted by Crippen LogP contribution is -2.06. The number of alkyl halides is 1. The molecule has 2 aromatic rings. The third-order valence-electron chi connectivity index (χ3n) is 3.36. The number of halogens is 1. The molecule has 0 N–H and O–H groups in total. The van der Waals surface area contributed by atoms with Gasteiger partial charge >= 0.3 is 0 Å². The second-order valence-electron chi connectivity index (χ2n) is 5.23. The molecule has 0 spiro atoms. The number of benzene rings is 2. The van der Waals surface area contributed by atoms with E-state index in [2.05, 4.69) is 15.9 Å². The van der Waals surface area contributed by atoms with Crippen LogP contribution in [0.1, 0.15) is 34.6 Å². The summed E-state index contributed by atoms with van der Waals surface area (Å²) in [4.78, 5) is 23.5. The number of rotatable bonds is 5. The highest BCUT2D eigenvalue weighted by molar-refractivity contribution is 9.09. The summed E-state index contributed by atoms with van der Waals surface area (Å²) in [5.74, 6) is 0.227. The predicted octanol–water partition coefficient (Wildman–Crippen LogP) is 4.77. The second kappa shape index (κ2) is 6.81. The summed E-state index contributed by atoms with van der Waals surface area (Å²) in [5, 5.41) is 0.332. The molecule has 2 rings (SSSR count). The Hall–Kier alpha value is -1.74. The van der Waals surface area contributed by atoms with Crippen molar-refractivity contribution in [2.24, 2.45) is 5.92 Å². The molecule has 2 aromatic carbocycles. The Morgan fingerprint density at radius 2 is 1.29 bits per heavy atom. The Kier molecular flexibility index (Phi) is 5.07. The Labute approximate surface area is 133 Å². The molecule has 0 heterocycles. The molecular weight excluding hydrogens is 328 g/mol. The minimum absolute atomic E-state index is 0.00500. The van der Waals surface area contributed by atoms with Crippen LogP contribution in [-0.4, -0.2) is 16.9 Å². The van der Waals surface area contributed by atoms with Crippen LogP contribution in [0, 0.1) is 5.92 Å². The summed E-state index contributed by atoms with van der Waals surface area (Å²) in [5.41, 5.74) is 3.50. The van der Waals surface area contributed by atoms with Gasteiger partial charge in [-0.15, -0.1) is 0 Å². The Balaban J connectivity index is 2.23. The highest BCUT2D eigenvalue weighted by Crippen LogP contribution is 2.21. The molecular formula is C18H17BrO2. The summed E-state index contributed by atoms with van der Waals surface area (Å²) in [6.45, 7) is 3.80. The normalized spacial score (nSPS) is 10.7. The van der Waals surface area contributed by atoms with Crippen LogP contribution in [0.2, 0.25) is 0 Å². The van der Waals surface area contributed by atoms with Crippen LogP contribution < -0.4 is 0 Å². The van der Waals surface area contributed by atoms with Crippen molar-refractivity contribution in [2.45, 2.75) is 13.8 Å². The van der Waals surface area contributed by atoms with E-state index in [1.807, 2.05) is 62.4 Å². The molecule has 0 unspecified atom stereocenters. The van der Waals surface area contributed by atoms with Gasteiger partial charge in [-0.05, 0) is 11.1 Å². The number of carbonyl (C=O) groups excluding carboxylic acids is 2. The predicted molar refractivity (Wildman–Crippen MR) is 89.2 cm³/mol. The fraction of sp³-hybridized carbons (Fsp3) is 0.222. The van der Waals surface area contributed by atoms with Gasteiger partial charge in [-0.25, -0.2) is 0 Å². The molecule has 0 aliphatic rings. The fourth-order valence-electron chi connectivity index (χ4n) is 2.09. The molecule has 0 amide bonds. The van der Waals surface area contributed by atoms with Gasteiger partial charge in [0.2, 0.25) is 0 Å². The first kappa shape index (κ1) is 15.6. The van der Waals surface area contributed by atoms with E-state index in [0.717, 1.165) is 16.7 Å². The van der Waals surface area contributed by atoms with E-state index in [9.17, 15) is 9.59 Å². The van der Waals surface area contributed by atoms with Gasteiger partial charge in [0.05, 0.1) is 5.33 Å². The van der Waals surface area contributed by atoms with Crippen molar-refractivity contribution < 1.29 is 9.59 Å². The van der Waals surface area contributed by atoms with Crippen molar-refractivity contribution in [3.63, 3.8) is 0 Å². The summed E-state index contributed by atoms with van der Waals surface area (Å²) >= 11 is 3.17. The molecule has 0 aliphatic heterocycles. The number of hydrogen-bond acceptors (Lipinski definition) is 2. The smallest absolute Gasteiger partial charge is 0.173 e. The van der Waals surface area contributed by atoms with Gasteiger partial charge in [-0.3, -0.25) is 9.59 Å². The summed E-state index contributed by atoms with van der Waals surface area (Å²) in [7, 11) is 0. The number of Topliss-reactive ketones (excluding diaryl/α,β-unsaturated/α-hetero) is 2. The van der Waals surface area contributed by atoms with Crippen molar-refractivity contribution >= 4 is 27.5 Å². The quantitative estimate of drug-likeness (QED) is 0.578. The van der Waals surface area contributed by atoms with Crippen LogP contribution in [0.15, 0.2) is 48.5 Å². The van der Waals surface area contributed by atoms with Gasteiger partial charge in [-0.1, -0.05) is 78.3 Å². The Bertz CT molecular complexity index is 640. The van der Waals surface area contributed by atoms with Gasteiger partial charge in [0.25, 0.3) is 0 Å². The molecule has 0 radical (unpaired) electrons. The summed E-state index contributed by atoms with van der Waals surface area (Å²) in [6.07, 6.45) is 0. The maximum atomic E-state index is 11.9. The zero-order valence-corrected chi connectivity index (χ0v) is 13.7. The van der Waals surface area contributed by atoms with Gasteiger partial charge in [-0.2, -0.15) is 0 Å². The second-order valence-corrected chi connectivity index (χ2v) is 5.79. The van der Waals surface area contributed by atoms with Crippen LogP contribution in [0.5, 0.6) is 0 Å². The SMILES string of the molecule is CC(C)C(=O)c1ccc(-c2ccc(C(=O)CBr)cc2)cc1. The average molecular weight is 345 g/mol. The van der Waals surface area contributed by atoms with Gasteiger partial charge in [0.1, 0.15) is 0 Å². The van der Waals surface area contributed by atoms with E-state index in [4.69, 9.17) is 0 Å². The third-order valence-corrected chi connectivity index (χ3v) is 3.86. The van der Waals surface area contributed by atoms with Crippen molar-refractivity contribution in [3.05, 3.63) is 59.7 Å². The van der Waals surface area contributed by atoms with E-state index in [0.29, 0.717) is 10.9 Å². The Morgan fingerprint density at radius 3 is 1.67 bits per heavy atom. The van der Waals surface area contributed by atoms with Crippen molar-refractivity contribution in [3.8, 4) is 11.1 Å². The first-order chi connectivity index (χ1) is 10.0. The molecule has 0 saturated heterocycles. The zero-order chi connectivity index (χ0) is 15.4. The van der Waals surface area contributed by atoms with E-state index < -0.39 is 0 Å². The standard InChI is InChI=1S/C18H17BrO2/c1-12(2)18(21)16-9-5-14(6-10-16)13-3-7-15(8-4-13)17(20)11-19/h3-10,12H,11H2,1-2H3. The van der Waals surface area contributed by atoms with Crippen molar-refractivity contribution in [2.75, 3.05) is 5.33 Å². The minimum atomic E-state index is 0.00500. The van der Waals surface area contributed by atoms with Crippen LogP contribution in [-0.2, 0) is 0 Å². The molecule has 0 aliphatic carbocycles. The van der Waals surface area contributed by atoms with Gasteiger partial charge in [0, 0.05) is 17.0 Å². The monoisotopic (exact) mass is 344 g/mol. The highest BCUT2D eigenvalue weighted by Gasteiger charge is 2.10. The third kappa shape index (κ3) is 3.67. The number of hydrogen-bond donors (Lipinski definition) is 0. The van der Waals surface area contributed by atoms with Gasteiger partial charge in [0.15, 0.2) is 11.6 Å². The average Bonchev–Trinajstić information content (AvgIpc) is 2.53. The largest absolute Gasteiger partial charge is 0.294 e. The summed E-state index contributed by atoms with van der Waals surface area (Å²) in [6, 6.07) is 15.1. The molecule has 2 nitrogen and oxygen atoms in total. The zero-order valence-electron chi connectivity index (χ0n) is 12.1. The van der Waals surface area contributed by atoms with E-state index >= 15 is 0 Å². The van der Waals surface area contributed by atoms with E-state index in [1.165, 1.54) is 0 Å². The van der Waals surface area contributed by atoms with Crippen molar-refractivity contribution in [1.82, 2.24) is 0 Å². The van der Waals surface area contributed by atoms with Crippen LogP contribution >= 0.6 is 15.9 Å². The lowest BCUT2D eigenvalue weighted by molar-refractivity contribution is 0.0938. The molecule has 108 valence electrons. The van der Waals surface area contributed by atoms with Crippen LogP contribution in [0.25, 0.3) is 11.1 Å². The molecule has 21 heavy (non-hydrogen) atoms. The first-order valence-electron chi connectivity index (χ1n) is 6.87. The Morgan fingerprint density at radius 1 is 0.857 bits per heavy atom. The fourth-order valence-corrected chi connectivity index (χ4v) is 2.41.